The molecule has 1 heterocycles. The predicted molar refractivity (Wildman–Crippen MR) is 79.8 cm³/mol. The van der Waals surface area contributed by atoms with Gasteiger partial charge in [0, 0.05) is 15.5 Å². The van der Waals surface area contributed by atoms with Crippen LogP contribution < -0.4 is 5.32 Å². The topological polar surface area (TPSA) is 78.9 Å². The Morgan fingerprint density at radius 2 is 2.15 bits per heavy atom. The maximum atomic E-state index is 12.2. The molecule has 20 heavy (non-hydrogen) atoms. The van der Waals surface area contributed by atoms with Crippen LogP contribution in [0.4, 0.5) is 10.5 Å². The first kappa shape index (κ1) is 15.3. The highest BCUT2D eigenvalue weighted by atomic mass is 79.9. The number of halogens is 2. The fraction of sp³-hybridized carbons (Fsp3) is 0.333. The van der Waals surface area contributed by atoms with E-state index < -0.39 is 18.0 Å². The van der Waals surface area contributed by atoms with Crippen LogP contribution in [0.3, 0.4) is 0 Å². The molecule has 1 aliphatic rings. The molecule has 2 rings (SSSR count). The lowest BCUT2D eigenvalue weighted by atomic mass is 10.2. The molecule has 1 aromatic carbocycles. The van der Waals surface area contributed by atoms with E-state index in [0.29, 0.717) is 16.8 Å². The number of benzene rings is 1. The van der Waals surface area contributed by atoms with E-state index in [4.69, 9.17) is 9.84 Å². The van der Waals surface area contributed by atoms with Crippen LogP contribution in [-0.2, 0) is 9.53 Å². The lowest BCUT2D eigenvalue weighted by Gasteiger charge is -2.32. The van der Waals surface area contributed by atoms with Gasteiger partial charge < -0.3 is 20.1 Å². The zero-order valence-corrected chi connectivity index (χ0v) is 13.5. The molecule has 1 fully saturated rings. The quantitative estimate of drug-likeness (QED) is 0.789. The molecule has 1 saturated heterocycles. The Labute approximate surface area is 132 Å². The van der Waals surface area contributed by atoms with Gasteiger partial charge in [-0.15, -0.1) is 0 Å². The molecule has 0 bridgehead atoms. The van der Waals surface area contributed by atoms with Gasteiger partial charge in [0.2, 0.25) is 0 Å². The Bertz CT molecular complexity index is 538. The van der Waals surface area contributed by atoms with Gasteiger partial charge in [-0.05, 0) is 34.1 Å². The lowest BCUT2D eigenvalue weighted by molar-refractivity contribution is -0.147. The number of rotatable bonds is 2. The van der Waals surface area contributed by atoms with Crippen molar-refractivity contribution in [1.82, 2.24) is 4.90 Å². The second-order valence-electron chi connectivity index (χ2n) is 4.18. The molecular formula is C12H12Br2N2O4. The van der Waals surface area contributed by atoms with Crippen molar-refractivity contribution >= 4 is 49.5 Å². The number of nitrogens with one attached hydrogen (secondary N) is 1. The van der Waals surface area contributed by atoms with E-state index in [1.54, 1.807) is 18.2 Å². The Hall–Kier alpha value is -1.12. The molecule has 0 spiro atoms. The highest BCUT2D eigenvalue weighted by Crippen LogP contribution is 2.26. The van der Waals surface area contributed by atoms with Crippen LogP contribution in [-0.4, -0.2) is 47.8 Å². The molecule has 8 heteroatoms. The third kappa shape index (κ3) is 3.50. The largest absolute Gasteiger partial charge is 0.480 e. The maximum absolute atomic E-state index is 12.2. The van der Waals surface area contributed by atoms with Crippen LogP contribution >= 0.6 is 31.9 Å². The number of morpholine rings is 1. The second kappa shape index (κ2) is 6.55. The number of carboxylic acids is 1. The van der Waals surface area contributed by atoms with Crippen molar-refractivity contribution in [1.29, 1.82) is 0 Å². The number of hydrogen-bond donors (Lipinski definition) is 2. The monoisotopic (exact) mass is 406 g/mol. The maximum Gasteiger partial charge on any atom is 0.328 e. The molecule has 1 unspecified atom stereocenters. The minimum absolute atomic E-state index is 0.00423. The molecule has 0 aromatic heterocycles. The Morgan fingerprint density at radius 3 is 2.80 bits per heavy atom. The molecule has 0 radical (unpaired) electrons. The summed E-state index contributed by atoms with van der Waals surface area (Å²) >= 11 is 6.66. The van der Waals surface area contributed by atoms with Crippen LogP contribution in [0.25, 0.3) is 0 Å². The van der Waals surface area contributed by atoms with Crippen molar-refractivity contribution < 1.29 is 19.4 Å². The number of anilines is 1. The fourth-order valence-electron chi connectivity index (χ4n) is 1.83. The van der Waals surface area contributed by atoms with Gasteiger partial charge in [-0.25, -0.2) is 9.59 Å². The third-order valence-corrected chi connectivity index (χ3v) is 4.00. The van der Waals surface area contributed by atoms with Gasteiger partial charge in [0.1, 0.15) is 0 Å². The highest BCUT2D eigenvalue weighted by Gasteiger charge is 2.32. The minimum atomic E-state index is -1.07. The normalized spacial score (nSPS) is 18.7. The number of ether oxygens (including phenoxy) is 1. The lowest BCUT2D eigenvalue weighted by Crippen LogP contribution is -2.53. The van der Waals surface area contributed by atoms with Gasteiger partial charge >= 0.3 is 12.0 Å². The Kier molecular flexibility index (Phi) is 5.00. The van der Waals surface area contributed by atoms with Gasteiger partial charge in [0.05, 0.1) is 18.9 Å². The van der Waals surface area contributed by atoms with Crippen LogP contribution in [0, 0.1) is 0 Å². The third-order valence-electron chi connectivity index (χ3n) is 2.85. The van der Waals surface area contributed by atoms with Gasteiger partial charge in [0.15, 0.2) is 6.04 Å². The molecule has 0 aliphatic carbocycles. The summed E-state index contributed by atoms with van der Waals surface area (Å²) in [7, 11) is 0. The smallest absolute Gasteiger partial charge is 0.328 e. The predicted octanol–water partition coefficient (Wildman–Crippen LogP) is 2.53. The number of hydrogen-bond acceptors (Lipinski definition) is 3. The molecule has 2 amide bonds. The van der Waals surface area contributed by atoms with Gasteiger partial charge in [-0.2, -0.15) is 0 Å². The van der Waals surface area contributed by atoms with Crippen molar-refractivity contribution in [2.24, 2.45) is 0 Å². The summed E-state index contributed by atoms with van der Waals surface area (Å²) < 4.78 is 6.68. The summed E-state index contributed by atoms with van der Waals surface area (Å²) in [6.45, 7) is 0.583. The van der Waals surface area contributed by atoms with Crippen LogP contribution in [0.5, 0.6) is 0 Å². The van der Waals surface area contributed by atoms with Crippen LogP contribution in [0.2, 0.25) is 0 Å². The number of carbonyl (C=O) groups is 2. The molecule has 1 aliphatic heterocycles. The van der Waals surface area contributed by atoms with E-state index in [1.165, 1.54) is 4.90 Å². The van der Waals surface area contributed by atoms with Crippen molar-refractivity contribution in [2.75, 3.05) is 25.1 Å². The van der Waals surface area contributed by atoms with Gasteiger partial charge in [-0.3, -0.25) is 0 Å². The first-order chi connectivity index (χ1) is 9.49. The first-order valence-electron chi connectivity index (χ1n) is 5.82. The fourth-order valence-corrected chi connectivity index (χ4v) is 2.98. The van der Waals surface area contributed by atoms with E-state index in [2.05, 4.69) is 37.2 Å². The molecule has 6 nitrogen and oxygen atoms in total. The first-order valence-corrected chi connectivity index (χ1v) is 7.41. The number of aliphatic carboxylic acids is 1. The summed E-state index contributed by atoms with van der Waals surface area (Å²) in [5.74, 6) is -1.07. The van der Waals surface area contributed by atoms with E-state index in [0.717, 1.165) is 4.47 Å². The summed E-state index contributed by atoms with van der Waals surface area (Å²) in [5.41, 5.74) is 0.578. The molecule has 1 aromatic rings. The van der Waals surface area contributed by atoms with Crippen molar-refractivity contribution in [2.45, 2.75) is 6.04 Å². The Morgan fingerprint density at radius 1 is 1.40 bits per heavy atom. The molecule has 1 atom stereocenters. The molecule has 2 N–H and O–H groups in total. The van der Waals surface area contributed by atoms with E-state index in [1.807, 2.05) is 0 Å². The average molecular weight is 408 g/mol. The number of carboxylic acid groups (broad SMARTS) is 1. The molecule has 0 saturated carbocycles. The molecule has 108 valence electrons. The van der Waals surface area contributed by atoms with Crippen LogP contribution in [0.15, 0.2) is 27.1 Å². The van der Waals surface area contributed by atoms with Crippen molar-refractivity contribution in [3.05, 3.63) is 27.1 Å². The van der Waals surface area contributed by atoms with E-state index in [9.17, 15) is 9.59 Å². The van der Waals surface area contributed by atoms with E-state index >= 15 is 0 Å². The van der Waals surface area contributed by atoms with E-state index in [-0.39, 0.29) is 13.2 Å². The average Bonchev–Trinajstić information content (AvgIpc) is 2.41. The second-order valence-corrected chi connectivity index (χ2v) is 5.95. The Balaban J connectivity index is 2.12. The number of carbonyl (C=O) groups excluding carboxylic acids is 1. The molecular weight excluding hydrogens is 396 g/mol. The number of urea groups is 1. The summed E-state index contributed by atoms with van der Waals surface area (Å²) in [6, 6.07) is 3.89. The zero-order valence-electron chi connectivity index (χ0n) is 10.3. The SMILES string of the molecule is O=C(O)C1COCCN1C(=O)Nc1ccc(Br)cc1Br. The van der Waals surface area contributed by atoms with Crippen LogP contribution in [0.1, 0.15) is 0 Å². The van der Waals surface area contributed by atoms with Crippen molar-refractivity contribution in [3.8, 4) is 0 Å². The minimum Gasteiger partial charge on any atom is -0.480 e. The zero-order chi connectivity index (χ0) is 14.7. The number of nitrogens with zero attached hydrogens (tertiary/aromatic N) is 1. The standard InChI is InChI=1S/C12H12Br2N2O4/c13-7-1-2-9(8(14)5-7)15-12(19)16-3-4-20-6-10(16)11(17)18/h1-2,5,10H,3-4,6H2,(H,15,19)(H,17,18). The number of amides is 2. The van der Waals surface area contributed by atoms with Crippen molar-refractivity contribution in [3.63, 3.8) is 0 Å². The summed E-state index contributed by atoms with van der Waals surface area (Å²) in [5, 5.41) is 11.8. The summed E-state index contributed by atoms with van der Waals surface area (Å²) in [4.78, 5) is 24.6. The highest BCUT2D eigenvalue weighted by molar-refractivity contribution is 9.11. The summed E-state index contributed by atoms with van der Waals surface area (Å²) in [6.07, 6.45) is 0. The van der Waals surface area contributed by atoms with Gasteiger partial charge in [-0.1, -0.05) is 15.9 Å². The van der Waals surface area contributed by atoms with Gasteiger partial charge in [0.25, 0.3) is 0 Å².